The fourth-order valence-corrected chi connectivity index (χ4v) is 2.20. The number of hydrazine groups is 1. The van der Waals surface area contributed by atoms with E-state index in [1.807, 2.05) is 38.1 Å². The Labute approximate surface area is 113 Å². The van der Waals surface area contributed by atoms with Crippen molar-refractivity contribution in [2.75, 3.05) is 7.11 Å². The van der Waals surface area contributed by atoms with Crippen molar-refractivity contribution in [3.63, 3.8) is 0 Å². The van der Waals surface area contributed by atoms with Gasteiger partial charge in [0.15, 0.2) is 0 Å². The van der Waals surface area contributed by atoms with Crippen molar-refractivity contribution >= 4 is 0 Å². The first-order valence-corrected chi connectivity index (χ1v) is 6.19. The summed E-state index contributed by atoms with van der Waals surface area (Å²) in [6, 6.07) is 9.79. The Morgan fingerprint density at radius 2 is 2.05 bits per heavy atom. The van der Waals surface area contributed by atoms with Gasteiger partial charge in [0.1, 0.15) is 5.75 Å². The lowest BCUT2D eigenvalue weighted by Crippen LogP contribution is -2.30. The van der Waals surface area contributed by atoms with Gasteiger partial charge in [-0.1, -0.05) is 23.8 Å². The number of pyridine rings is 1. The van der Waals surface area contributed by atoms with E-state index in [0.29, 0.717) is 0 Å². The lowest BCUT2D eigenvalue weighted by molar-refractivity contribution is 0.403. The molecule has 0 fully saturated rings. The SMILES string of the molecule is COc1ccc(C)cc1C(NN)c1ncccc1C. The Morgan fingerprint density at radius 1 is 1.26 bits per heavy atom. The van der Waals surface area contributed by atoms with E-state index in [-0.39, 0.29) is 6.04 Å². The maximum atomic E-state index is 5.73. The van der Waals surface area contributed by atoms with E-state index in [2.05, 4.69) is 16.5 Å². The largest absolute Gasteiger partial charge is 0.496 e. The van der Waals surface area contributed by atoms with Gasteiger partial charge < -0.3 is 4.74 Å². The molecule has 2 rings (SSSR count). The molecule has 3 N–H and O–H groups in total. The van der Waals surface area contributed by atoms with Crippen molar-refractivity contribution in [2.24, 2.45) is 5.84 Å². The van der Waals surface area contributed by atoms with E-state index in [9.17, 15) is 0 Å². The molecule has 0 radical (unpaired) electrons. The van der Waals surface area contributed by atoms with E-state index in [4.69, 9.17) is 10.6 Å². The van der Waals surface area contributed by atoms with Crippen LogP contribution in [0.1, 0.15) is 28.4 Å². The van der Waals surface area contributed by atoms with Gasteiger partial charge >= 0.3 is 0 Å². The average molecular weight is 257 g/mol. The number of aromatic nitrogens is 1. The van der Waals surface area contributed by atoms with Crippen molar-refractivity contribution in [3.05, 3.63) is 58.9 Å². The quantitative estimate of drug-likeness (QED) is 0.651. The fourth-order valence-electron chi connectivity index (χ4n) is 2.20. The van der Waals surface area contributed by atoms with E-state index in [1.165, 1.54) is 0 Å². The highest BCUT2D eigenvalue weighted by Gasteiger charge is 2.19. The van der Waals surface area contributed by atoms with Crippen LogP contribution in [0.5, 0.6) is 5.75 Å². The molecule has 0 bridgehead atoms. The molecule has 1 unspecified atom stereocenters. The minimum atomic E-state index is -0.184. The highest BCUT2D eigenvalue weighted by Crippen LogP contribution is 2.30. The predicted molar refractivity (Wildman–Crippen MR) is 75.9 cm³/mol. The van der Waals surface area contributed by atoms with Gasteiger partial charge in [-0.05, 0) is 31.5 Å². The van der Waals surface area contributed by atoms with E-state index in [0.717, 1.165) is 28.1 Å². The average Bonchev–Trinajstić information content (AvgIpc) is 2.42. The number of nitrogens with one attached hydrogen (secondary N) is 1. The molecule has 1 atom stereocenters. The van der Waals surface area contributed by atoms with Gasteiger partial charge in [-0.25, -0.2) is 5.43 Å². The van der Waals surface area contributed by atoms with Crippen molar-refractivity contribution in [3.8, 4) is 5.75 Å². The monoisotopic (exact) mass is 257 g/mol. The molecule has 0 aliphatic heterocycles. The molecule has 4 heteroatoms. The van der Waals surface area contributed by atoms with Crippen LogP contribution in [-0.2, 0) is 0 Å². The topological polar surface area (TPSA) is 60.2 Å². The standard InChI is InChI=1S/C15H19N3O/c1-10-6-7-13(19-3)12(9-10)15(18-16)14-11(2)5-4-8-17-14/h4-9,15,18H,16H2,1-3H3. The molecule has 1 aromatic heterocycles. The molecule has 2 aromatic rings. The zero-order chi connectivity index (χ0) is 13.8. The molecule has 0 saturated heterocycles. The van der Waals surface area contributed by atoms with Crippen LogP contribution in [0.15, 0.2) is 36.5 Å². The van der Waals surface area contributed by atoms with E-state index in [1.54, 1.807) is 13.3 Å². The number of nitrogens with two attached hydrogens (primary N) is 1. The number of methoxy groups -OCH3 is 1. The van der Waals surface area contributed by atoms with Gasteiger partial charge in [-0.2, -0.15) is 0 Å². The normalized spacial score (nSPS) is 12.2. The first kappa shape index (κ1) is 13.5. The Kier molecular flexibility index (Phi) is 4.14. The number of rotatable bonds is 4. The highest BCUT2D eigenvalue weighted by molar-refractivity contribution is 5.43. The van der Waals surface area contributed by atoms with Crippen LogP contribution in [0.3, 0.4) is 0 Å². The fraction of sp³-hybridized carbons (Fsp3) is 0.267. The third-order valence-corrected chi connectivity index (χ3v) is 3.19. The van der Waals surface area contributed by atoms with Gasteiger partial charge in [-0.15, -0.1) is 0 Å². The lowest BCUT2D eigenvalue weighted by atomic mass is 9.98. The van der Waals surface area contributed by atoms with Crippen molar-refractivity contribution in [1.29, 1.82) is 0 Å². The summed E-state index contributed by atoms with van der Waals surface area (Å²) in [7, 11) is 1.66. The highest BCUT2D eigenvalue weighted by atomic mass is 16.5. The van der Waals surface area contributed by atoms with Crippen LogP contribution in [-0.4, -0.2) is 12.1 Å². The molecule has 0 amide bonds. The van der Waals surface area contributed by atoms with Crippen LogP contribution in [0, 0.1) is 13.8 Å². The molecule has 1 heterocycles. The Morgan fingerprint density at radius 3 is 2.68 bits per heavy atom. The molecule has 1 aromatic carbocycles. The lowest BCUT2D eigenvalue weighted by Gasteiger charge is -2.20. The maximum Gasteiger partial charge on any atom is 0.124 e. The number of aryl methyl sites for hydroxylation is 2. The predicted octanol–water partition coefficient (Wildman–Crippen LogP) is 2.26. The molecule has 0 aliphatic carbocycles. The summed E-state index contributed by atoms with van der Waals surface area (Å²) in [6.07, 6.45) is 1.77. The molecule has 19 heavy (non-hydrogen) atoms. The van der Waals surface area contributed by atoms with Crippen LogP contribution in [0.2, 0.25) is 0 Å². The first-order valence-electron chi connectivity index (χ1n) is 6.19. The molecule has 4 nitrogen and oxygen atoms in total. The second-order valence-corrected chi connectivity index (χ2v) is 4.55. The van der Waals surface area contributed by atoms with Gasteiger partial charge in [0.2, 0.25) is 0 Å². The zero-order valence-electron chi connectivity index (χ0n) is 11.5. The summed E-state index contributed by atoms with van der Waals surface area (Å²) in [5.41, 5.74) is 6.99. The Balaban J connectivity index is 2.54. The second kappa shape index (κ2) is 5.82. The summed E-state index contributed by atoms with van der Waals surface area (Å²) >= 11 is 0. The minimum absolute atomic E-state index is 0.184. The second-order valence-electron chi connectivity index (χ2n) is 4.55. The van der Waals surface area contributed by atoms with Crippen molar-refractivity contribution in [2.45, 2.75) is 19.9 Å². The summed E-state index contributed by atoms with van der Waals surface area (Å²) in [5.74, 6) is 6.54. The zero-order valence-corrected chi connectivity index (χ0v) is 11.5. The van der Waals surface area contributed by atoms with Gasteiger partial charge in [0.05, 0.1) is 18.8 Å². The Bertz CT molecular complexity index is 569. The molecule has 0 aliphatic rings. The maximum absolute atomic E-state index is 5.73. The first-order chi connectivity index (χ1) is 9.17. The third kappa shape index (κ3) is 2.75. The minimum Gasteiger partial charge on any atom is -0.496 e. The third-order valence-electron chi connectivity index (χ3n) is 3.19. The number of hydrogen-bond donors (Lipinski definition) is 2. The van der Waals surface area contributed by atoms with Crippen LogP contribution >= 0.6 is 0 Å². The number of hydrogen-bond acceptors (Lipinski definition) is 4. The van der Waals surface area contributed by atoms with Crippen LogP contribution in [0.4, 0.5) is 0 Å². The molecule has 0 saturated carbocycles. The van der Waals surface area contributed by atoms with Gasteiger partial charge in [0, 0.05) is 11.8 Å². The molecule has 0 spiro atoms. The summed E-state index contributed by atoms with van der Waals surface area (Å²) in [6.45, 7) is 4.07. The smallest absolute Gasteiger partial charge is 0.124 e. The van der Waals surface area contributed by atoms with Gasteiger partial charge in [-0.3, -0.25) is 10.8 Å². The summed E-state index contributed by atoms with van der Waals surface area (Å²) < 4.78 is 5.42. The van der Waals surface area contributed by atoms with Crippen molar-refractivity contribution in [1.82, 2.24) is 10.4 Å². The van der Waals surface area contributed by atoms with Gasteiger partial charge in [0.25, 0.3) is 0 Å². The van der Waals surface area contributed by atoms with E-state index >= 15 is 0 Å². The van der Waals surface area contributed by atoms with Crippen LogP contribution in [0.25, 0.3) is 0 Å². The number of nitrogens with zero attached hydrogens (tertiary/aromatic N) is 1. The summed E-state index contributed by atoms with van der Waals surface area (Å²) in [5, 5.41) is 0. The van der Waals surface area contributed by atoms with E-state index < -0.39 is 0 Å². The molecular weight excluding hydrogens is 238 g/mol. The molecular formula is C15H19N3O. The number of ether oxygens (including phenoxy) is 1. The van der Waals surface area contributed by atoms with Crippen LogP contribution < -0.4 is 16.0 Å². The van der Waals surface area contributed by atoms with Crippen molar-refractivity contribution < 1.29 is 4.74 Å². The Hall–Kier alpha value is -1.91. The number of benzene rings is 1. The molecule has 100 valence electrons. The summed E-state index contributed by atoms with van der Waals surface area (Å²) in [4.78, 5) is 4.43.